The zero-order valence-electron chi connectivity index (χ0n) is 16.3. The van der Waals surface area contributed by atoms with Crippen molar-refractivity contribution in [3.63, 3.8) is 0 Å². The van der Waals surface area contributed by atoms with Gasteiger partial charge in [-0.1, -0.05) is 47.5 Å². The molecule has 1 atom stereocenters. The van der Waals surface area contributed by atoms with Crippen LogP contribution >= 0.6 is 23.2 Å². The van der Waals surface area contributed by atoms with Gasteiger partial charge in [-0.25, -0.2) is 18.3 Å². The number of hydrogen-bond acceptors (Lipinski definition) is 2. The number of benzene rings is 3. The molecule has 4 aromatic rings. The molecular weight excluding hydrogens is 505 g/mol. The van der Waals surface area contributed by atoms with Gasteiger partial charge < -0.3 is 4.98 Å². The van der Waals surface area contributed by atoms with Crippen molar-refractivity contribution in [1.29, 1.82) is 0 Å². The third-order valence-corrected chi connectivity index (χ3v) is 5.85. The molecule has 1 aromatic heterocycles. The van der Waals surface area contributed by atoms with Gasteiger partial charge in [-0.15, -0.1) is 0 Å². The number of nitrogens with zero attached hydrogens (tertiary/aromatic N) is 1. The molecule has 12 heteroatoms. The van der Waals surface area contributed by atoms with E-state index in [1.165, 1.54) is 12.1 Å². The second-order valence-electron chi connectivity index (χ2n) is 7.01. The number of fused-ring (bicyclic) bond motifs is 1. The number of imidazole rings is 1. The zero-order chi connectivity index (χ0) is 23.9. The summed E-state index contributed by atoms with van der Waals surface area (Å²) in [5.41, 5.74) is 1.10. The minimum Gasteiger partial charge on any atom is -0.338 e. The smallest absolute Gasteiger partial charge is 0.338 e. The van der Waals surface area contributed by atoms with Crippen LogP contribution in [0.5, 0.6) is 0 Å². The summed E-state index contributed by atoms with van der Waals surface area (Å²) in [7, 11) is 0. The molecule has 0 amide bonds. The number of aromatic nitrogens is 2. The Kier molecular flexibility index (Phi) is 6.47. The summed E-state index contributed by atoms with van der Waals surface area (Å²) in [6, 6.07) is 10.9. The molecule has 0 bridgehead atoms. The predicted octanol–water partition coefficient (Wildman–Crippen LogP) is 6.59. The lowest BCUT2D eigenvalue weighted by molar-refractivity contribution is -0.137. The Morgan fingerprint density at radius 2 is 1.76 bits per heavy atom. The molecule has 33 heavy (non-hydrogen) atoms. The molecule has 0 spiro atoms. The fraction of sp³-hybridized carbons (Fsp3) is 0.0952. The number of alkyl halides is 3. The first kappa shape index (κ1) is 23.7. The van der Waals surface area contributed by atoms with Crippen molar-refractivity contribution in [3.05, 3.63) is 75.5 Å². The average molecular weight is 518 g/mol. The molecule has 0 aliphatic rings. The molecule has 0 saturated carbocycles. The highest BCUT2D eigenvalue weighted by molar-refractivity contribution is 7.77. The van der Waals surface area contributed by atoms with E-state index in [1.54, 1.807) is 24.3 Å². The van der Waals surface area contributed by atoms with E-state index >= 15 is 0 Å². The molecule has 172 valence electrons. The van der Waals surface area contributed by atoms with Crippen LogP contribution in [0.1, 0.15) is 11.1 Å². The highest BCUT2D eigenvalue weighted by Gasteiger charge is 2.31. The largest absolute Gasteiger partial charge is 0.416 e. The van der Waals surface area contributed by atoms with Crippen LogP contribution in [0, 0.1) is 5.82 Å². The van der Waals surface area contributed by atoms with Crippen molar-refractivity contribution in [3.8, 4) is 22.5 Å². The average Bonchev–Trinajstić information content (AvgIpc) is 3.17. The van der Waals surface area contributed by atoms with Crippen LogP contribution in [0.3, 0.4) is 0 Å². The van der Waals surface area contributed by atoms with Crippen LogP contribution in [0.4, 0.5) is 17.6 Å². The van der Waals surface area contributed by atoms with Crippen LogP contribution in [-0.2, 0) is 24.0 Å². The Bertz CT molecular complexity index is 1390. The SMILES string of the molecule is O=S(O)NCc1ccc(-c2ccc(-c3nc4c(Cl)cc(C(F)(F)F)cc4[nH]3)cc2Cl)cc1F. The molecule has 1 unspecified atom stereocenters. The fourth-order valence-electron chi connectivity index (χ4n) is 3.27. The monoisotopic (exact) mass is 517 g/mol. The first-order valence-corrected chi connectivity index (χ1v) is 11.1. The van der Waals surface area contributed by atoms with Crippen LogP contribution in [0.25, 0.3) is 33.5 Å². The van der Waals surface area contributed by atoms with Gasteiger partial charge in [0.25, 0.3) is 0 Å². The van der Waals surface area contributed by atoms with Crippen molar-refractivity contribution in [1.82, 2.24) is 14.7 Å². The lowest BCUT2D eigenvalue weighted by atomic mass is 10.0. The number of nitrogens with one attached hydrogen (secondary N) is 2. The quantitative estimate of drug-likeness (QED) is 0.206. The summed E-state index contributed by atoms with van der Waals surface area (Å²) in [6.45, 7) is -0.132. The summed E-state index contributed by atoms with van der Waals surface area (Å²) >= 11 is 10.1. The zero-order valence-corrected chi connectivity index (χ0v) is 18.6. The molecule has 3 N–H and O–H groups in total. The van der Waals surface area contributed by atoms with Crippen molar-refractivity contribution in [2.75, 3.05) is 0 Å². The highest BCUT2D eigenvalue weighted by atomic mass is 35.5. The Balaban J connectivity index is 1.67. The van der Waals surface area contributed by atoms with E-state index in [2.05, 4.69) is 14.7 Å². The van der Waals surface area contributed by atoms with Crippen molar-refractivity contribution < 1.29 is 26.3 Å². The molecular formula is C21H13Cl2F4N3O2S. The number of rotatable bonds is 5. The topological polar surface area (TPSA) is 78.0 Å². The van der Waals surface area contributed by atoms with E-state index in [1.807, 2.05) is 0 Å². The molecule has 4 rings (SSSR count). The second-order valence-corrected chi connectivity index (χ2v) is 8.61. The summed E-state index contributed by atoms with van der Waals surface area (Å²) in [5.74, 6) is -0.317. The second kappa shape index (κ2) is 9.03. The Labute approximate surface area is 197 Å². The van der Waals surface area contributed by atoms with E-state index in [-0.39, 0.29) is 39.0 Å². The maximum Gasteiger partial charge on any atom is 0.416 e. The van der Waals surface area contributed by atoms with Gasteiger partial charge in [0.2, 0.25) is 11.3 Å². The van der Waals surface area contributed by atoms with Crippen LogP contribution in [0.2, 0.25) is 10.0 Å². The summed E-state index contributed by atoms with van der Waals surface area (Å²) < 4.78 is 75.2. The lowest BCUT2D eigenvalue weighted by Gasteiger charge is -2.09. The minimum absolute atomic E-state index is 0.125. The molecule has 1 heterocycles. The number of aromatic amines is 1. The standard InChI is InChI=1S/C21H13Cl2F4N3O2S/c22-15-5-11(20-29-18-8-13(21(25,26)27)7-16(23)19(18)30-20)3-4-14(15)10-1-2-12(17(24)6-10)9-28-33(31)32/h1-8,28H,9H2,(H,29,30)(H,31,32). The van der Waals surface area contributed by atoms with E-state index in [4.69, 9.17) is 27.8 Å². The third kappa shape index (κ3) is 5.04. The van der Waals surface area contributed by atoms with E-state index in [9.17, 15) is 21.8 Å². The van der Waals surface area contributed by atoms with Gasteiger partial charge in [-0.2, -0.15) is 13.2 Å². The number of hydrogen-bond donors (Lipinski definition) is 3. The van der Waals surface area contributed by atoms with Crippen molar-refractivity contribution in [2.24, 2.45) is 0 Å². The number of H-pyrrole nitrogens is 1. The first-order chi connectivity index (χ1) is 15.5. The van der Waals surface area contributed by atoms with Gasteiger partial charge in [0.05, 0.1) is 16.1 Å². The maximum atomic E-state index is 14.4. The third-order valence-electron chi connectivity index (χ3n) is 4.86. The van der Waals surface area contributed by atoms with Gasteiger partial charge in [-0.05, 0) is 29.8 Å². The summed E-state index contributed by atoms with van der Waals surface area (Å²) in [4.78, 5) is 7.11. The van der Waals surface area contributed by atoms with Crippen molar-refractivity contribution >= 4 is 45.5 Å². The predicted molar refractivity (Wildman–Crippen MR) is 120 cm³/mol. The lowest BCUT2D eigenvalue weighted by Crippen LogP contribution is -2.16. The molecule has 0 saturated heterocycles. The maximum absolute atomic E-state index is 14.4. The van der Waals surface area contributed by atoms with E-state index in [0.29, 0.717) is 16.7 Å². The normalized spacial score (nSPS) is 12.9. The van der Waals surface area contributed by atoms with Crippen LogP contribution in [0.15, 0.2) is 48.5 Å². The van der Waals surface area contributed by atoms with Crippen LogP contribution in [-0.4, -0.2) is 18.7 Å². The van der Waals surface area contributed by atoms with Crippen LogP contribution < -0.4 is 4.72 Å². The molecule has 0 fully saturated rings. The van der Waals surface area contributed by atoms with Gasteiger partial charge in [0.15, 0.2) is 0 Å². The van der Waals surface area contributed by atoms with Gasteiger partial charge >= 0.3 is 6.18 Å². The minimum atomic E-state index is -4.55. The molecule has 0 aliphatic heterocycles. The molecule has 0 radical (unpaired) electrons. The molecule has 3 aromatic carbocycles. The van der Waals surface area contributed by atoms with Gasteiger partial charge in [0.1, 0.15) is 17.2 Å². The van der Waals surface area contributed by atoms with E-state index in [0.717, 1.165) is 12.1 Å². The van der Waals surface area contributed by atoms with Gasteiger partial charge in [0, 0.05) is 28.3 Å². The molecule has 5 nitrogen and oxygen atoms in total. The Morgan fingerprint density at radius 3 is 2.39 bits per heavy atom. The first-order valence-electron chi connectivity index (χ1n) is 9.22. The number of halogens is 6. The molecule has 0 aliphatic carbocycles. The Hall–Kier alpha value is -2.50. The highest BCUT2D eigenvalue weighted by Crippen LogP contribution is 2.37. The summed E-state index contributed by atoms with van der Waals surface area (Å²) in [6.07, 6.45) is -4.55. The fourth-order valence-corrected chi connectivity index (χ4v) is 4.10. The summed E-state index contributed by atoms with van der Waals surface area (Å²) in [5, 5.41) is 0.122. The van der Waals surface area contributed by atoms with Gasteiger partial charge in [-0.3, -0.25) is 4.55 Å². The Morgan fingerprint density at radius 1 is 1.03 bits per heavy atom. The van der Waals surface area contributed by atoms with Crippen molar-refractivity contribution in [2.45, 2.75) is 12.7 Å². The van der Waals surface area contributed by atoms with E-state index < -0.39 is 28.8 Å².